The Hall–Kier alpha value is -1.91. The Morgan fingerprint density at radius 3 is 2.83 bits per heavy atom. The number of hydrogen-bond acceptors (Lipinski definition) is 4. The van der Waals surface area contributed by atoms with Crippen LogP contribution in [-0.2, 0) is 7.05 Å². The summed E-state index contributed by atoms with van der Waals surface area (Å²) in [5, 5.41) is 3.26. The molecule has 1 fully saturated rings. The van der Waals surface area contributed by atoms with Gasteiger partial charge in [-0.05, 0) is 19.8 Å². The maximum absolute atomic E-state index is 4.65. The summed E-state index contributed by atoms with van der Waals surface area (Å²) >= 11 is 0. The van der Waals surface area contributed by atoms with Crippen LogP contribution in [0.4, 0.5) is 5.82 Å². The highest BCUT2D eigenvalue weighted by Gasteiger charge is 2.26. The van der Waals surface area contributed by atoms with Gasteiger partial charge in [0.25, 0.3) is 0 Å². The van der Waals surface area contributed by atoms with Gasteiger partial charge >= 0.3 is 0 Å². The van der Waals surface area contributed by atoms with Gasteiger partial charge in [0.1, 0.15) is 5.82 Å². The van der Waals surface area contributed by atoms with E-state index in [9.17, 15) is 0 Å². The first-order valence-electron chi connectivity index (χ1n) is 6.38. The van der Waals surface area contributed by atoms with Crippen molar-refractivity contribution in [1.82, 2.24) is 19.5 Å². The quantitative estimate of drug-likeness (QED) is 0.894. The lowest BCUT2D eigenvalue weighted by Crippen LogP contribution is -2.05. The van der Waals surface area contributed by atoms with Gasteiger partial charge in [-0.1, -0.05) is 0 Å². The number of nitrogens with one attached hydrogen (secondary N) is 1. The van der Waals surface area contributed by atoms with Gasteiger partial charge < -0.3 is 9.88 Å². The zero-order chi connectivity index (χ0) is 12.5. The van der Waals surface area contributed by atoms with Crippen LogP contribution in [0.3, 0.4) is 0 Å². The second-order valence-corrected chi connectivity index (χ2v) is 4.67. The molecule has 1 saturated carbocycles. The topological polar surface area (TPSA) is 55.6 Å². The maximum atomic E-state index is 4.65. The summed E-state index contributed by atoms with van der Waals surface area (Å²) in [6.45, 7) is 2.93. The Balaban J connectivity index is 2.04. The third-order valence-corrected chi connectivity index (χ3v) is 3.12. The molecule has 94 valence electrons. The van der Waals surface area contributed by atoms with Crippen LogP contribution in [0, 0.1) is 0 Å². The van der Waals surface area contributed by atoms with Crippen molar-refractivity contribution in [3.05, 3.63) is 24.2 Å². The number of rotatable bonds is 4. The molecule has 0 unspecified atom stereocenters. The van der Waals surface area contributed by atoms with Gasteiger partial charge in [0.05, 0.1) is 0 Å². The van der Waals surface area contributed by atoms with E-state index >= 15 is 0 Å². The molecule has 0 amide bonds. The molecule has 2 aromatic heterocycles. The van der Waals surface area contributed by atoms with E-state index in [1.807, 2.05) is 17.8 Å². The molecule has 0 aromatic carbocycles. The van der Waals surface area contributed by atoms with Gasteiger partial charge in [-0.2, -0.15) is 0 Å². The molecule has 18 heavy (non-hydrogen) atoms. The molecule has 1 aliphatic carbocycles. The van der Waals surface area contributed by atoms with E-state index in [2.05, 4.69) is 33.3 Å². The lowest BCUT2D eigenvalue weighted by molar-refractivity contribution is 0.893. The van der Waals surface area contributed by atoms with Crippen molar-refractivity contribution in [2.24, 2.45) is 7.05 Å². The van der Waals surface area contributed by atoms with Gasteiger partial charge in [0.2, 0.25) is 0 Å². The van der Waals surface area contributed by atoms with Crippen LogP contribution in [0.1, 0.15) is 31.4 Å². The second kappa shape index (κ2) is 4.40. The Morgan fingerprint density at radius 1 is 1.39 bits per heavy atom. The molecular weight excluding hydrogens is 226 g/mol. The average Bonchev–Trinajstić information content (AvgIpc) is 3.12. The number of aromatic nitrogens is 4. The minimum Gasteiger partial charge on any atom is -0.370 e. The van der Waals surface area contributed by atoms with Crippen molar-refractivity contribution in [1.29, 1.82) is 0 Å². The van der Waals surface area contributed by atoms with Crippen LogP contribution < -0.4 is 5.32 Å². The summed E-state index contributed by atoms with van der Waals surface area (Å²) in [7, 11) is 1.96. The molecule has 0 saturated heterocycles. The molecule has 2 heterocycles. The molecule has 5 nitrogen and oxygen atoms in total. The fourth-order valence-corrected chi connectivity index (χ4v) is 2.01. The summed E-state index contributed by atoms with van der Waals surface area (Å²) < 4.78 is 1.95. The molecule has 5 heteroatoms. The van der Waals surface area contributed by atoms with Crippen LogP contribution in [0.5, 0.6) is 0 Å². The van der Waals surface area contributed by atoms with E-state index in [0.29, 0.717) is 11.7 Å². The molecule has 2 aromatic rings. The molecule has 0 radical (unpaired) electrons. The summed E-state index contributed by atoms with van der Waals surface area (Å²) in [6.07, 6.45) is 6.16. The van der Waals surface area contributed by atoms with Crippen molar-refractivity contribution in [2.45, 2.75) is 25.7 Å². The van der Waals surface area contributed by atoms with Crippen LogP contribution in [0.25, 0.3) is 11.6 Å². The Kier molecular flexibility index (Phi) is 2.74. The maximum Gasteiger partial charge on any atom is 0.198 e. The van der Waals surface area contributed by atoms with E-state index in [1.165, 1.54) is 12.8 Å². The highest BCUT2D eigenvalue weighted by molar-refractivity contribution is 5.50. The Morgan fingerprint density at radius 2 is 2.22 bits per heavy atom. The minimum absolute atomic E-state index is 0.615. The van der Waals surface area contributed by atoms with Crippen LogP contribution >= 0.6 is 0 Å². The monoisotopic (exact) mass is 243 g/mol. The first kappa shape index (κ1) is 11.2. The largest absolute Gasteiger partial charge is 0.370 e. The van der Waals surface area contributed by atoms with E-state index in [4.69, 9.17) is 0 Å². The fraction of sp³-hybridized carbons (Fsp3) is 0.462. The number of nitrogens with zero attached hydrogens (tertiary/aromatic N) is 4. The SMILES string of the molecule is CCNc1cc(C2CC2)nc(-c2nccn2C)n1. The van der Waals surface area contributed by atoms with Crippen molar-refractivity contribution in [2.75, 3.05) is 11.9 Å². The Labute approximate surface area is 106 Å². The summed E-state index contributed by atoms with van der Waals surface area (Å²) in [5.41, 5.74) is 1.14. The van der Waals surface area contributed by atoms with Crippen molar-refractivity contribution >= 4 is 5.82 Å². The lowest BCUT2D eigenvalue weighted by atomic mass is 10.2. The van der Waals surface area contributed by atoms with Gasteiger partial charge in [-0.3, -0.25) is 0 Å². The molecule has 3 rings (SSSR count). The first-order valence-corrected chi connectivity index (χ1v) is 6.38. The first-order chi connectivity index (χ1) is 8.78. The van der Waals surface area contributed by atoms with Crippen LogP contribution in [-0.4, -0.2) is 26.1 Å². The predicted octanol–water partition coefficient (Wildman–Crippen LogP) is 2.19. The van der Waals surface area contributed by atoms with Crippen LogP contribution in [0.15, 0.2) is 18.5 Å². The summed E-state index contributed by atoms with van der Waals surface area (Å²) in [6, 6.07) is 2.06. The lowest BCUT2D eigenvalue weighted by Gasteiger charge is -2.08. The number of hydrogen-bond donors (Lipinski definition) is 1. The van der Waals surface area contributed by atoms with Gasteiger partial charge in [0.15, 0.2) is 11.6 Å². The summed E-state index contributed by atoms with van der Waals surface area (Å²) in [4.78, 5) is 13.5. The highest BCUT2D eigenvalue weighted by Crippen LogP contribution is 2.40. The predicted molar refractivity (Wildman–Crippen MR) is 70.4 cm³/mol. The van der Waals surface area contributed by atoms with Crippen molar-refractivity contribution in [3.8, 4) is 11.6 Å². The van der Waals surface area contributed by atoms with Gasteiger partial charge in [-0.15, -0.1) is 0 Å². The molecule has 0 spiro atoms. The standard InChI is InChI=1S/C13H17N5/c1-3-14-11-8-10(9-4-5-9)16-12(17-11)13-15-6-7-18(13)2/h6-9H,3-5H2,1-2H3,(H,14,16,17). The molecule has 0 atom stereocenters. The van der Waals surface area contributed by atoms with Crippen molar-refractivity contribution < 1.29 is 0 Å². The third-order valence-electron chi connectivity index (χ3n) is 3.12. The van der Waals surface area contributed by atoms with Gasteiger partial charge in [0, 0.05) is 43.7 Å². The smallest absolute Gasteiger partial charge is 0.198 e. The molecule has 1 N–H and O–H groups in total. The van der Waals surface area contributed by atoms with E-state index in [-0.39, 0.29) is 0 Å². The number of aryl methyl sites for hydroxylation is 1. The van der Waals surface area contributed by atoms with E-state index in [0.717, 1.165) is 23.9 Å². The number of imidazole rings is 1. The van der Waals surface area contributed by atoms with Gasteiger partial charge in [-0.25, -0.2) is 15.0 Å². The number of anilines is 1. The normalized spacial score (nSPS) is 14.8. The van der Waals surface area contributed by atoms with Crippen LogP contribution in [0.2, 0.25) is 0 Å². The highest BCUT2D eigenvalue weighted by atomic mass is 15.1. The summed E-state index contributed by atoms with van der Waals surface area (Å²) in [5.74, 6) is 3.04. The minimum atomic E-state index is 0.615. The Bertz CT molecular complexity index is 556. The fourth-order valence-electron chi connectivity index (χ4n) is 2.01. The second-order valence-electron chi connectivity index (χ2n) is 4.67. The zero-order valence-corrected chi connectivity index (χ0v) is 10.7. The zero-order valence-electron chi connectivity index (χ0n) is 10.7. The molecule has 0 bridgehead atoms. The van der Waals surface area contributed by atoms with Crippen molar-refractivity contribution in [3.63, 3.8) is 0 Å². The molecule has 1 aliphatic rings. The molecule has 0 aliphatic heterocycles. The average molecular weight is 243 g/mol. The van der Waals surface area contributed by atoms with E-state index in [1.54, 1.807) is 6.20 Å². The van der Waals surface area contributed by atoms with E-state index < -0.39 is 0 Å². The third kappa shape index (κ3) is 2.08. The molecular formula is C13H17N5.